The molecular weight excluding hydrogens is 444 g/mol. The zero-order chi connectivity index (χ0) is 25.0. The van der Waals surface area contributed by atoms with Crippen molar-refractivity contribution in [2.75, 3.05) is 7.11 Å². The van der Waals surface area contributed by atoms with Crippen molar-refractivity contribution in [1.29, 1.82) is 0 Å². The van der Waals surface area contributed by atoms with Crippen molar-refractivity contribution in [1.82, 2.24) is 29.1 Å². The van der Waals surface area contributed by atoms with Gasteiger partial charge in [0.2, 0.25) is 0 Å². The Morgan fingerprint density at radius 3 is 2.60 bits per heavy atom. The van der Waals surface area contributed by atoms with Crippen molar-refractivity contribution in [3.05, 3.63) is 65.1 Å². The van der Waals surface area contributed by atoms with Crippen LogP contribution in [0.25, 0.3) is 33.5 Å². The summed E-state index contributed by atoms with van der Waals surface area (Å²) in [4.78, 5) is 25.9. The van der Waals surface area contributed by atoms with E-state index in [1.807, 2.05) is 37.4 Å². The van der Waals surface area contributed by atoms with Gasteiger partial charge in [-0.3, -0.25) is 9.97 Å². The van der Waals surface area contributed by atoms with Gasteiger partial charge in [0.15, 0.2) is 5.82 Å². The van der Waals surface area contributed by atoms with Crippen molar-refractivity contribution in [2.45, 2.75) is 40.5 Å². The Morgan fingerprint density at radius 1 is 1.14 bits per heavy atom. The molecule has 0 aliphatic rings. The van der Waals surface area contributed by atoms with Crippen LogP contribution in [0.4, 0.5) is 0 Å². The molecule has 9 nitrogen and oxygen atoms in total. The third-order valence-corrected chi connectivity index (χ3v) is 6.43. The number of fused-ring (bicyclic) bond motifs is 2. The van der Waals surface area contributed by atoms with Crippen molar-refractivity contribution in [3.63, 3.8) is 0 Å². The molecule has 5 heterocycles. The molecule has 0 aliphatic carbocycles. The average Bonchev–Trinajstić information content (AvgIpc) is 3.37. The Bertz CT molecular complexity index is 1630. The van der Waals surface area contributed by atoms with E-state index in [2.05, 4.69) is 23.9 Å². The molecule has 0 radical (unpaired) electrons. The fraction of sp³-hybridized carbons (Fsp3) is 0.269. The fourth-order valence-electron chi connectivity index (χ4n) is 4.73. The molecule has 0 bridgehead atoms. The molecule has 0 aliphatic heterocycles. The fourth-order valence-corrected chi connectivity index (χ4v) is 4.73. The number of rotatable bonds is 5. The summed E-state index contributed by atoms with van der Waals surface area (Å²) in [7, 11) is 1.62. The molecule has 0 fully saturated rings. The smallest absolute Gasteiger partial charge is 0.337 e. The highest BCUT2D eigenvalue weighted by molar-refractivity contribution is 5.94. The first-order valence-corrected chi connectivity index (χ1v) is 11.3. The van der Waals surface area contributed by atoms with Gasteiger partial charge in [0.1, 0.15) is 5.75 Å². The highest BCUT2D eigenvalue weighted by Gasteiger charge is 2.24. The van der Waals surface area contributed by atoms with Crippen LogP contribution in [0.3, 0.4) is 0 Å². The van der Waals surface area contributed by atoms with Crippen LogP contribution in [0.5, 0.6) is 5.75 Å². The number of pyridine rings is 2. The van der Waals surface area contributed by atoms with Gasteiger partial charge in [-0.1, -0.05) is 13.8 Å². The molecule has 0 saturated heterocycles. The van der Waals surface area contributed by atoms with E-state index < -0.39 is 5.97 Å². The minimum absolute atomic E-state index is 0.0764. The van der Waals surface area contributed by atoms with Crippen LogP contribution in [-0.4, -0.2) is 47.3 Å². The van der Waals surface area contributed by atoms with Crippen LogP contribution in [0.1, 0.15) is 52.8 Å². The lowest BCUT2D eigenvalue weighted by Gasteiger charge is -2.13. The Kier molecular flexibility index (Phi) is 5.27. The number of carbonyl (C=O) groups is 1. The summed E-state index contributed by atoms with van der Waals surface area (Å²) in [6, 6.07) is 3.75. The molecule has 9 heteroatoms. The number of aromatic carboxylic acids is 1. The predicted octanol–water partition coefficient (Wildman–Crippen LogP) is 4.89. The molecule has 35 heavy (non-hydrogen) atoms. The summed E-state index contributed by atoms with van der Waals surface area (Å²) in [5.41, 5.74) is 6.48. The minimum Gasteiger partial charge on any atom is -0.496 e. The number of nitrogens with zero attached hydrogens (tertiary/aromatic N) is 6. The molecule has 0 amide bonds. The van der Waals surface area contributed by atoms with Crippen LogP contribution in [-0.2, 0) is 0 Å². The van der Waals surface area contributed by atoms with E-state index in [0.29, 0.717) is 34.1 Å². The molecule has 0 saturated carbocycles. The molecule has 0 spiro atoms. The van der Waals surface area contributed by atoms with Crippen molar-refractivity contribution in [3.8, 4) is 22.8 Å². The lowest BCUT2D eigenvalue weighted by atomic mass is 10.1. The van der Waals surface area contributed by atoms with Crippen LogP contribution in [0.15, 0.2) is 36.9 Å². The van der Waals surface area contributed by atoms with Gasteiger partial charge >= 0.3 is 5.97 Å². The van der Waals surface area contributed by atoms with Gasteiger partial charge in [-0.2, -0.15) is 5.10 Å². The van der Waals surface area contributed by atoms with Gasteiger partial charge in [-0.15, -0.1) is 0 Å². The molecule has 0 aromatic carbocycles. The number of carboxylic acids is 1. The monoisotopic (exact) mass is 470 g/mol. The topological polar surface area (TPSA) is 107 Å². The first kappa shape index (κ1) is 22.5. The van der Waals surface area contributed by atoms with E-state index in [1.54, 1.807) is 36.4 Å². The van der Waals surface area contributed by atoms with Gasteiger partial charge in [0.25, 0.3) is 0 Å². The summed E-state index contributed by atoms with van der Waals surface area (Å²) in [6.45, 7) is 9.70. The van der Waals surface area contributed by atoms with E-state index in [1.165, 1.54) is 0 Å². The summed E-state index contributed by atoms with van der Waals surface area (Å²) in [5.74, 6) is 0.410. The maximum Gasteiger partial charge on any atom is 0.337 e. The van der Waals surface area contributed by atoms with Crippen molar-refractivity contribution in [2.24, 2.45) is 0 Å². The molecular formula is C26H26N6O3. The average molecular weight is 471 g/mol. The van der Waals surface area contributed by atoms with E-state index in [-0.39, 0.29) is 5.92 Å². The van der Waals surface area contributed by atoms with Crippen LogP contribution in [0.2, 0.25) is 0 Å². The third-order valence-electron chi connectivity index (χ3n) is 6.43. The van der Waals surface area contributed by atoms with Crippen LogP contribution in [0, 0.1) is 20.8 Å². The van der Waals surface area contributed by atoms with E-state index in [4.69, 9.17) is 14.7 Å². The largest absolute Gasteiger partial charge is 0.496 e. The van der Waals surface area contributed by atoms with Gasteiger partial charge in [0, 0.05) is 29.2 Å². The second-order valence-electron chi connectivity index (χ2n) is 8.91. The van der Waals surface area contributed by atoms with E-state index in [9.17, 15) is 9.90 Å². The molecule has 0 unspecified atom stereocenters. The first-order chi connectivity index (χ1) is 16.7. The molecule has 5 aromatic rings. The molecule has 1 N–H and O–H groups in total. The molecule has 5 aromatic heterocycles. The Hall–Kier alpha value is -4.27. The second kappa shape index (κ2) is 8.19. The van der Waals surface area contributed by atoms with Crippen LogP contribution >= 0.6 is 0 Å². The Labute approximate surface area is 202 Å². The second-order valence-corrected chi connectivity index (χ2v) is 8.91. The number of hydrogen-bond donors (Lipinski definition) is 1. The van der Waals surface area contributed by atoms with Crippen molar-refractivity contribution < 1.29 is 14.6 Å². The highest BCUT2D eigenvalue weighted by Crippen LogP contribution is 2.33. The minimum atomic E-state index is -0.943. The number of hydrogen-bond acceptors (Lipinski definition) is 6. The number of methoxy groups -OCH3 is 1. The molecule has 5 rings (SSSR count). The highest BCUT2D eigenvalue weighted by atomic mass is 16.5. The lowest BCUT2D eigenvalue weighted by Crippen LogP contribution is -2.08. The van der Waals surface area contributed by atoms with E-state index in [0.717, 1.165) is 33.4 Å². The quantitative estimate of drug-likeness (QED) is 0.390. The van der Waals surface area contributed by atoms with Gasteiger partial charge < -0.3 is 14.2 Å². The van der Waals surface area contributed by atoms with Crippen molar-refractivity contribution >= 4 is 22.4 Å². The number of aromatic nitrogens is 6. The summed E-state index contributed by atoms with van der Waals surface area (Å²) < 4.78 is 9.21. The van der Waals surface area contributed by atoms with Gasteiger partial charge in [-0.05, 0) is 44.4 Å². The zero-order valence-electron chi connectivity index (χ0n) is 20.5. The van der Waals surface area contributed by atoms with Gasteiger partial charge in [0.05, 0.1) is 53.1 Å². The predicted molar refractivity (Wildman–Crippen MR) is 133 cm³/mol. The maximum atomic E-state index is 12.0. The Balaban J connectivity index is 1.80. The molecule has 178 valence electrons. The maximum absolute atomic E-state index is 12.0. The zero-order valence-corrected chi connectivity index (χ0v) is 20.5. The Morgan fingerprint density at radius 2 is 1.91 bits per heavy atom. The molecule has 0 atom stereocenters. The number of ether oxygens (including phenoxy) is 1. The summed E-state index contributed by atoms with van der Waals surface area (Å²) >= 11 is 0. The normalized spacial score (nSPS) is 11.6. The number of carboxylic acid groups (broad SMARTS) is 1. The third kappa shape index (κ3) is 3.42. The summed E-state index contributed by atoms with van der Waals surface area (Å²) in [5, 5.41) is 15.4. The SMILES string of the molecule is COc1ccncc1-c1cc2c(cnn2-c2cn3c(C)c(C(=O)O)c(C)c3c(C(C)C)n2)c(C)n1. The summed E-state index contributed by atoms with van der Waals surface area (Å²) in [6.07, 6.45) is 7.03. The van der Waals surface area contributed by atoms with Gasteiger partial charge in [-0.25, -0.2) is 14.5 Å². The number of aryl methyl sites for hydroxylation is 3. The van der Waals surface area contributed by atoms with E-state index >= 15 is 0 Å². The first-order valence-electron chi connectivity index (χ1n) is 11.3. The van der Waals surface area contributed by atoms with Crippen LogP contribution < -0.4 is 4.74 Å². The standard InChI is InChI=1S/C26H26N6O3/c1-13(2)24-25-14(3)23(26(33)34)16(5)31(25)12-22(30-24)32-20-9-19(29-15(4)17(20)11-28-32)18-10-27-8-7-21(18)35-6/h7-13H,1-6H3,(H,33,34). The lowest BCUT2D eigenvalue weighted by molar-refractivity contribution is 0.0695.